The zero-order valence-electron chi connectivity index (χ0n) is 14.4. The van der Waals surface area contributed by atoms with Gasteiger partial charge in [0.1, 0.15) is 12.4 Å². The molecule has 7 heteroatoms. The van der Waals surface area contributed by atoms with Crippen molar-refractivity contribution in [2.75, 3.05) is 20.6 Å². The molecule has 0 radical (unpaired) electrons. The molecular weight excluding hydrogens is 339 g/mol. The first-order chi connectivity index (χ1) is 12.4. The Hall–Kier alpha value is -3.22. The van der Waals surface area contributed by atoms with Gasteiger partial charge in [0.25, 0.3) is 11.8 Å². The molecular formula is C19H19FN2O4. The van der Waals surface area contributed by atoms with E-state index in [4.69, 9.17) is 4.74 Å². The van der Waals surface area contributed by atoms with Gasteiger partial charge >= 0.3 is 5.97 Å². The number of carbonyl (C=O) groups excluding carboxylic acids is 3. The average Bonchev–Trinajstić information content (AvgIpc) is 2.64. The number of hydrogen-bond donors (Lipinski definition) is 1. The van der Waals surface area contributed by atoms with Crippen molar-refractivity contribution in [2.24, 2.45) is 0 Å². The van der Waals surface area contributed by atoms with Crippen LogP contribution < -0.4 is 5.32 Å². The Morgan fingerprint density at radius 1 is 1.04 bits per heavy atom. The number of hydrogen-bond acceptors (Lipinski definition) is 4. The number of nitrogens with one attached hydrogen (secondary N) is 1. The Bertz CT molecular complexity index is 793. The van der Waals surface area contributed by atoms with Gasteiger partial charge in [-0.1, -0.05) is 42.5 Å². The molecule has 0 fully saturated rings. The van der Waals surface area contributed by atoms with E-state index in [1.165, 1.54) is 23.1 Å². The molecule has 0 aromatic heterocycles. The first-order valence-corrected chi connectivity index (χ1v) is 7.88. The second kappa shape index (κ2) is 8.75. The summed E-state index contributed by atoms with van der Waals surface area (Å²) >= 11 is 0. The van der Waals surface area contributed by atoms with Crippen molar-refractivity contribution in [3.63, 3.8) is 0 Å². The third-order valence-electron chi connectivity index (χ3n) is 3.53. The predicted octanol–water partition coefficient (Wildman–Crippen LogP) is 1.93. The number of carbonyl (C=O) groups is 3. The van der Waals surface area contributed by atoms with Crippen molar-refractivity contribution < 1.29 is 23.5 Å². The Morgan fingerprint density at radius 3 is 2.27 bits per heavy atom. The van der Waals surface area contributed by atoms with Crippen LogP contribution in [0, 0.1) is 5.82 Å². The van der Waals surface area contributed by atoms with E-state index in [1.54, 1.807) is 44.4 Å². The summed E-state index contributed by atoms with van der Waals surface area (Å²) in [6, 6.07) is 14.0. The van der Waals surface area contributed by atoms with Crippen LogP contribution in [-0.2, 0) is 14.3 Å². The minimum absolute atomic E-state index is 0.177. The summed E-state index contributed by atoms with van der Waals surface area (Å²) < 4.78 is 18.8. The number of esters is 1. The van der Waals surface area contributed by atoms with E-state index >= 15 is 0 Å². The Morgan fingerprint density at radius 2 is 1.65 bits per heavy atom. The van der Waals surface area contributed by atoms with E-state index in [2.05, 4.69) is 5.32 Å². The molecule has 26 heavy (non-hydrogen) atoms. The summed E-state index contributed by atoms with van der Waals surface area (Å²) in [5.74, 6) is -2.65. The molecule has 2 amide bonds. The number of amides is 2. The van der Waals surface area contributed by atoms with Gasteiger partial charge in [-0.05, 0) is 12.1 Å². The van der Waals surface area contributed by atoms with Gasteiger partial charge in [-0.3, -0.25) is 14.4 Å². The third kappa shape index (κ3) is 4.89. The predicted molar refractivity (Wildman–Crippen MR) is 92.7 cm³/mol. The minimum atomic E-state index is -1.12. The molecule has 1 atom stereocenters. The number of likely N-dealkylation sites (N-methyl/N-ethyl adjacent to an activating group) is 1. The highest BCUT2D eigenvalue weighted by Crippen LogP contribution is 2.19. The van der Waals surface area contributed by atoms with Crippen molar-refractivity contribution in [1.82, 2.24) is 10.2 Å². The number of benzene rings is 2. The number of ether oxygens (including phenoxy) is 1. The largest absolute Gasteiger partial charge is 0.446 e. The van der Waals surface area contributed by atoms with Gasteiger partial charge in [0, 0.05) is 19.7 Å². The highest BCUT2D eigenvalue weighted by Gasteiger charge is 2.26. The minimum Gasteiger partial charge on any atom is -0.446 e. The lowest BCUT2D eigenvalue weighted by molar-refractivity contribution is -0.158. The van der Waals surface area contributed by atoms with Crippen molar-refractivity contribution in [3.8, 4) is 0 Å². The number of halogens is 1. The van der Waals surface area contributed by atoms with Gasteiger partial charge in [-0.25, -0.2) is 4.39 Å². The summed E-state index contributed by atoms with van der Waals surface area (Å²) in [7, 11) is 3.10. The maximum Gasteiger partial charge on any atom is 0.326 e. The van der Waals surface area contributed by atoms with E-state index in [0.29, 0.717) is 5.56 Å². The first-order valence-electron chi connectivity index (χ1n) is 7.88. The summed E-state index contributed by atoms with van der Waals surface area (Å²) in [6.45, 7) is -0.489. The molecule has 2 aromatic rings. The molecule has 0 unspecified atom stereocenters. The van der Waals surface area contributed by atoms with E-state index in [9.17, 15) is 18.8 Å². The molecule has 0 saturated heterocycles. The van der Waals surface area contributed by atoms with Crippen LogP contribution in [0.4, 0.5) is 4.39 Å². The van der Waals surface area contributed by atoms with Crippen LogP contribution in [0.25, 0.3) is 0 Å². The van der Waals surface area contributed by atoms with E-state index in [-0.39, 0.29) is 5.56 Å². The molecule has 0 bridgehead atoms. The summed E-state index contributed by atoms with van der Waals surface area (Å²) in [5.41, 5.74) is 0.337. The molecule has 6 nitrogen and oxygen atoms in total. The molecule has 2 rings (SSSR count). The van der Waals surface area contributed by atoms with E-state index in [0.717, 1.165) is 6.07 Å². The SMILES string of the molecule is CN(C)C(=O)[C@H](OC(=O)CNC(=O)c1ccccc1F)c1ccccc1. The molecule has 136 valence electrons. The van der Waals surface area contributed by atoms with E-state index in [1.807, 2.05) is 0 Å². The fourth-order valence-electron chi connectivity index (χ4n) is 2.19. The second-order valence-corrected chi connectivity index (χ2v) is 5.68. The fourth-order valence-corrected chi connectivity index (χ4v) is 2.19. The smallest absolute Gasteiger partial charge is 0.326 e. The Labute approximate surface area is 150 Å². The maximum absolute atomic E-state index is 13.6. The third-order valence-corrected chi connectivity index (χ3v) is 3.53. The highest BCUT2D eigenvalue weighted by atomic mass is 19.1. The van der Waals surface area contributed by atoms with Crippen LogP contribution in [-0.4, -0.2) is 43.3 Å². The molecule has 0 aliphatic heterocycles. The summed E-state index contributed by atoms with van der Waals surface area (Å²) in [6.07, 6.45) is -1.12. The van der Waals surface area contributed by atoms with Gasteiger partial charge < -0.3 is 15.0 Å². The average molecular weight is 358 g/mol. The van der Waals surface area contributed by atoms with Gasteiger partial charge in [0.2, 0.25) is 6.10 Å². The highest BCUT2D eigenvalue weighted by molar-refractivity contribution is 5.96. The standard InChI is InChI=1S/C19H19FN2O4/c1-22(2)19(25)17(13-8-4-3-5-9-13)26-16(23)12-21-18(24)14-10-6-7-11-15(14)20/h3-11,17H,12H2,1-2H3,(H,21,24)/t17-/m1/s1. The Balaban J connectivity index is 2.02. The number of rotatable bonds is 6. The van der Waals surface area contributed by atoms with Crippen molar-refractivity contribution in [2.45, 2.75) is 6.10 Å². The lowest BCUT2D eigenvalue weighted by Crippen LogP contribution is -2.35. The molecule has 0 spiro atoms. The lowest BCUT2D eigenvalue weighted by atomic mass is 10.1. The van der Waals surface area contributed by atoms with Crippen LogP contribution >= 0.6 is 0 Å². The van der Waals surface area contributed by atoms with Crippen molar-refractivity contribution in [3.05, 3.63) is 71.5 Å². The van der Waals surface area contributed by atoms with Gasteiger partial charge in [0.05, 0.1) is 5.56 Å². The Kier molecular flexibility index (Phi) is 6.43. The maximum atomic E-state index is 13.6. The van der Waals surface area contributed by atoms with Crippen molar-refractivity contribution >= 4 is 17.8 Å². The molecule has 1 N–H and O–H groups in total. The second-order valence-electron chi connectivity index (χ2n) is 5.68. The van der Waals surface area contributed by atoms with Crippen LogP contribution in [0.15, 0.2) is 54.6 Å². The topological polar surface area (TPSA) is 75.7 Å². The first kappa shape index (κ1) is 19.1. The van der Waals surface area contributed by atoms with Crippen LogP contribution in [0.2, 0.25) is 0 Å². The molecule has 0 aliphatic carbocycles. The molecule has 2 aromatic carbocycles. The van der Waals surface area contributed by atoms with Crippen LogP contribution in [0.5, 0.6) is 0 Å². The normalized spacial score (nSPS) is 11.3. The number of nitrogens with zero attached hydrogens (tertiary/aromatic N) is 1. The summed E-state index contributed by atoms with van der Waals surface area (Å²) in [5, 5.41) is 2.29. The van der Waals surface area contributed by atoms with Crippen LogP contribution in [0.3, 0.4) is 0 Å². The van der Waals surface area contributed by atoms with Gasteiger partial charge in [-0.2, -0.15) is 0 Å². The molecule has 0 saturated carbocycles. The van der Waals surface area contributed by atoms with Gasteiger partial charge in [0.15, 0.2) is 0 Å². The van der Waals surface area contributed by atoms with Gasteiger partial charge in [-0.15, -0.1) is 0 Å². The fraction of sp³-hybridized carbons (Fsp3) is 0.211. The zero-order chi connectivity index (χ0) is 19.1. The van der Waals surface area contributed by atoms with Crippen molar-refractivity contribution in [1.29, 1.82) is 0 Å². The van der Waals surface area contributed by atoms with E-state index < -0.39 is 36.2 Å². The van der Waals surface area contributed by atoms with Crippen LogP contribution in [0.1, 0.15) is 22.0 Å². The monoisotopic (exact) mass is 358 g/mol. The molecule has 0 aliphatic rings. The molecule has 0 heterocycles. The zero-order valence-corrected chi connectivity index (χ0v) is 14.4. The summed E-state index contributed by atoms with van der Waals surface area (Å²) in [4.78, 5) is 37.6. The lowest BCUT2D eigenvalue weighted by Gasteiger charge is -2.21. The quantitative estimate of drug-likeness (QED) is 0.801.